The number of anilines is 3. The molecule has 2 aliphatic carbocycles. The maximum absolute atomic E-state index is 17.5. The summed E-state index contributed by atoms with van der Waals surface area (Å²) in [4.78, 5) is 1.88. The maximum Gasteiger partial charge on any atom is 0.194 e. The molecule has 0 heterocycles. The second kappa shape index (κ2) is 23.7. The molecule has 2 unspecified atom stereocenters. The second-order valence-corrected chi connectivity index (χ2v) is 23.3. The van der Waals surface area contributed by atoms with Gasteiger partial charge in [-0.15, -0.1) is 0 Å². The van der Waals surface area contributed by atoms with Crippen LogP contribution in [-0.2, 0) is 10.8 Å². The number of rotatable bonds is 15. The van der Waals surface area contributed by atoms with Gasteiger partial charge in [-0.3, -0.25) is 0 Å². The van der Waals surface area contributed by atoms with Gasteiger partial charge in [0.1, 0.15) is 34.6 Å². The van der Waals surface area contributed by atoms with Crippen molar-refractivity contribution in [1.82, 2.24) is 0 Å². The Morgan fingerprint density at radius 2 is 0.642 bits per heavy atom. The number of fused-ring (bicyclic) bond motifs is 6. The van der Waals surface area contributed by atoms with Gasteiger partial charge in [-0.25, -0.2) is 35.1 Å². The molecule has 0 N–H and O–H groups in total. The van der Waals surface area contributed by atoms with Gasteiger partial charge in [0.15, 0.2) is 34.9 Å². The number of ether oxygens (including phenoxy) is 2. The lowest BCUT2D eigenvalue weighted by Crippen LogP contribution is -2.32. The average Bonchev–Trinajstić information content (AvgIpc) is 1.56. The number of halogens is 8. The minimum atomic E-state index is -2.06. The zero-order valence-electron chi connectivity index (χ0n) is 50.3. The molecular weight excluding hydrogens is 1210 g/mol. The van der Waals surface area contributed by atoms with E-state index < -0.39 is 68.5 Å². The molecule has 460 valence electrons. The van der Waals surface area contributed by atoms with E-state index >= 15 is 35.1 Å². The lowest BCUT2D eigenvalue weighted by molar-refractivity contribution is 0.416. The maximum atomic E-state index is 17.5. The first-order valence-corrected chi connectivity index (χ1v) is 30.5. The first-order chi connectivity index (χ1) is 46.3. The number of hydrogen-bond donors (Lipinski definition) is 0. The molecule has 2 aliphatic rings. The minimum Gasteiger partial charge on any atom is -0.457 e. The molecule has 0 amide bonds. The van der Waals surface area contributed by atoms with Crippen LogP contribution in [0.4, 0.5) is 52.2 Å². The van der Waals surface area contributed by atoms with E-state index in [0.717, 1.165) is 33.4 Å². The van der Waals surface area contributed by atoms with Crippen molar-refractivity contribution in [3.05, 3.63) is 388 Å². The van der Waals surface area contributed by atoms with E-state index in [1.165, 1.54) is 0 Å². The highest BCUT2D eigenvalue weighted by Gasteiger charge is 2.52. The highest BCUT2D eigenvalue weighted by Crippen LogP contribution is 2.61. The summed E-state index contributed by atoms with van der Waals surface area (Å²) in [6.07, 6.45) is 3.39. The standard InChI is InChI=1S/C84H51F8NO2/c1-3-50-25-35-59(36-26-50)94-61-39-29-54(30-40-61)83(77-73(85)48-75(87)79(89)81(77)91)69-23-12-10-21-65(69)67-43-33-57(46-71(67)83)93(56-18-14-17-53(45-56)64-20-9-8-19-63(64)52-15-6-5-7-16-52)58-34-44-68-66-22-11-13-24-70(66)84(72(68)47-58,78-74(86)49-76(88)80(90)82(78)92)55-31-41-62(42-32-55)95-60-37-27-51(4-2)28-38-60/h3-49H,1-2H2. The molecule has 13 aromatic rings. The SMILES string of the molecule is C=Cc1ccc(Oc2ccc(C3(c4c(F)cc(F)c(F)c4F)c4ccccc4-c4ccc(N(c5cccc(-c6ccccc6-c6ccccc6)c5)c5ccc6c(c5)C(c5ccc(Oc7ccc(C=C)cc7)cc5)(c5c(F)cc(F)c(F)c5F)c5ccccc5-6)cc43)cc2)cc1. The van der Waals surface area contributed by atoms with E-state index in [9.17, 15) is 0 Å². The summed E-state index contributed by atoms with van der Waals surface area (Å²) in [5.41, 5.74) is 4.73. The van der Waals surface area contributed by atoms with E-state index in [-0.39, 0.29) is 22.3 Å². The monoisotopic (exact) mass is 1260 g/mol. The summed E-state index contributed by atoms with van der Waals surface area (Å²) in [6, 6.07) is 78.5. The van der Waals surface area contributed by atoms with Gasteiger partial charge in [-0.1, -0.05) is 201 Å². The van der Waals surface area contributed by atoms with Crippen LogP contribution in [0.25, 0.3) is 56.7 Å². The predicted octanol–water partition coefficient (Wildman–Crippen LogP) is 23.2. The zero-order valence-corrected chi connectivity index (χ0v) is 50.3. The Kier molecular flexibility index (Phi) is 14.8. The molecule has 0 saturated carbocycles. The van der Waals surface area contributed by atoms with Crippen molar-refractivity contribution in [2.24, 2.45) is 0 Å². The largest absolute Gasteiger partial charge is 0.457 e. The normalized spacial score (nSPS) is 14.9. The Morgan fingerprint density at radius 3 is 1.07 bits per heavy atom. The van der Waals surface area contributed by atoms with Crippen LogP contribution in [0.5, 0.6) is 23.0 Å². The quantitative estimate of drug-likeness (QED) is 0.0580. The van der Waals surface area contributed by atoms with Crippen LogP contribution in [0.15, 0.2) is 286 Å². The van der Waals surface area contributed by atoms with Gasteiger partial charge in [0.25, 0.3) is 0 Å². The third-order valence-corrected chi connectivity index (χ3v) is 18.3. The average molecular weight is 1260 g/mol. The van der Waals surface area contributed by atoms with Crippen LogP contribution in [-0.4, -0.2) is 0 Å². The highest BCUT2D eigenvalue weighted by molar-refractivity contribution is 5.94. The van der Waals surface area contributed by atoms with Crippen LogP contribution in [0.1, 0.15) is 55.6 Å². The van der Waals surface area contributed by atoms with Crippen molar-refractivity contribution in [3.63, 3.8) is 0 Å². The van der Waals surface area contributed by atoms with Crippen LogP contribution in [0, 0.1) is 46.5 Å². The smallest absolute Gasteiger partial charge is 0.194 e. The Bertz CT molecular complexity index is 4950. The molecule has 0 fully saturated rings. The van der Waals surface area contributed by atoms with E-state index in [1.54, 1.807) is 146 Å². The summed E-state index contributed by atoms with van der Waals surface area (Å²) in [5, 5.41) is 0. The molecule has 15 rings (SSSR count). The van der Waals surface area contributed by atoms with Gasteiger partial charge in [-0.05, 0) is 174 Å². The molecule has 11 heteroatoms. The lowest BCUT2D eigenvalue weighted by Gasteiger charge is -2.36. The summed E-state index contributed by atoms with van der Waals surface area (Å²) in [5.74, 6) is -11.7. The molecule has 3 nitrogen and oxygen atoms in total. The van der Waals surface area contributed by atoms with Gasteiger partial charge in [0.05, 0.1) is 10.8 Å². The third kappa shape index (κ3) is 9.72. The molecule has 0 aromatic heterocycles. The van der Waals surface area contributed by atoms with Crippen molar-refractivity contribution in [1.29, 1.82) is 0 Å². The molecule has 0 radical (unpaired) electrons. The first-order valence-electron chi connectivity index (χ1n) is 30.5. The van der Waals surface area contributed by atoms with E-state index in [1.807, 2.05) is 132 Å². The molecule has 0 bridgehead atoms. The first kappa shape index (κ1) is 59.5. The molecule has 95 heavy (non-hydrogen) atoms. The third-order valence-electron chi connectivity index (χ3n) is 18.3. The fraction of sp³-hybridized carbons (Fsp3) is 0.0238. The fourth-order valence-corrected chi connectivity index (χ4v) is 14.1. The van der Waals surface area contributed by atoms with E-state index in [2.05, 4.69) is 13.2 Å². The van der Waals surface area contributed by atoms with Crippen LogP contribution in [0.3, 0.4) is 0 Å². The Balaban J connectivity index is 0.991. The highest BCUT2D eigenvalue weighted by atomic mass is 19.2. The summed E-state index contributed by atoms with van der Waals surface area (Å²) in [7, 11) is 0. The molecular formula is C84H51F8NO2. The number of nitrogens with zero attached hydrogens (tertiary/aromatic N) is 1. The van der Waals surface area contributed by atoms with Gasteiger partial charge < -0.3 is 14.4 Å². The lowest BCUT2D eigenvalue weighted by atomic mass is 9.67. The van der Waals surface area contributed by atoms with Gasteiger partial charge in [0, 0.05) is 40.3 Å². The Labute approximate surface area is 542 Å². The van der Waals surface area contributed by atoms with Gasteiger partial charge in [0.2, 0.25) is 0 Å². The molecule has 0 spiro atoms. The van der Waals surface area contributed by atoms with Crippen LogP contribution < -0.4 is 14.4 Å². The molecule has 2 atom stereocenters. The van der Waals surface area contributed by atoms with Crippen molar-refractivity contribution in [2.75, 3.05) is 4.90 Å². The van der Waals surface area contributed by atoms with Crippen molar-refractivity contribution in [3.8, 4) is 67.5 Å². The summed E-state index contributed by atoms with van der Waals surface area (Å²) in [6.45, 7) is 7.66. The Morgan fingerprint density at radius 1 is 0.284 bits per heavy atom. The van der Waals surface area contributed by atoms with Crippen molar-refractivity contribution in [2.45, 2.75) is 10.8 Å². The zero-order chi connectivity index (χ0) is 65.3. The Hall–Kier alpha value is -11.8. The minimum absolute atomic E-state index is 0.266. The number of hydrogen-bond acceptors (Lipinski definition) is 3. The van der Waals surface area contributed by atoms with Crippen LogP contribution >= 0.6 is 0 Å². The molecule has 0 aliphatic heterocycles. The predicted molar refractivity (Wildman–Crippen MR) is 359 cm³/mol. The van der Waals surface area contributed by atoms with E-state index in [4.69, 9.17) is 9.47 Å². The van der Waals surface area contributed by atoms with Crippen LogP contribution in [0.2, 0.25) is 0 Å². The second-order valence-electron chi connectivity index (χ2n) is 23.3. The van der Waals surface area contributed by atoms with Gasteiger partial charge >= 0.3 is 0 Å². The molecule has 0 saturated heterocycles. The number of benzene rings is 13. The molecule has 13 aromatic carbocycles. The van der Waals surface area contributed by atoms with Crippen molar-refractivity contribution >= 4 is 29.2 Å². The summed E-state index contributed by atoms with van der Waals surface area (Å²) >= 11 is 0. The fourth-order valence-electron chi connectivity index (χ4n) is 14.1. The van der Waals surface area contributed by atoms with E-state index in [0.29, 0.717) is 85.6 Å². The van der Waals surface area contributed by atoms with Crippen molar-refractivity contribution < 1.29 is 44.6 Å². The van der Waals surface area contributed by atoms with Gasteiger partial charge in [-0.2, -0.15) is 0 Å². The summed E-state index contributed by atoms with van der Waals surface area (Å²) < 4.78 is 146. The topological polar surface area (TPSA) is 21.7 Å².